The molecule has 1 N–H and O–H groups in total. The molecule has 4 nitrogen and oxygen atoms in total. The highest BCUT2D eigenvalue weighted by atomic mass is 79.9. The van der Waals surface area contributed by atoms with E-state index < -0.39 is 0 Å². The van der Waals surface area contributed by atoms with Crippen LogP contribution in [-0.2, 0) is 6.54 Å². The van der Waals surface area contributed by atoms with E-state index in [2.05, 4.69) is 21.2 Å². The van der Waals surface area contributed by atoms with Crippen LogP contribution in [0.5, 0.6) is 5.75 Å². The van der Waals surface area contributed by atoms with Crippen LogP contribution in [0.3, 0.4) is 0 Å². The summed E-state index contributed by atoms with van der Waals surface area (Å²) in [4.78, 5) is 23.7. The molecule has 114 valence electrons. The summed E-state index contributed by atoms with van der Waals surface area (Å²) in [7, 11) is 1.52. The summed E-state index contributed by atoms with van der Waals surface area (Å²) in [5.74, 6) is 0.284. The zero-order valence-electron chi connectivity index (χ0n) is 12.4. The van der Waals surface area contributed by atoms with Gasteiger partial charge >= 0.3 is 0 Å². The monoisotopic (exact) mass is 361 g/mol. The molecule has 0 spiro atoms. The van der Waals surface area contributed by atoms with Crippen molar-refractivity contribution in [2.45, 2.75) is 13.5 Å². The average Bonchev–Trinajstić information content (AvgIpc) is 2.52. The van der Waals surface area contributed by atoms with Gasteiger partial charge in [-0.25, -0.2) is 0 Å². The number of ether oxygens (including phenoxy) is 1. The number of nitrogens with one attached hydrogen (secondary N) is 1. The zero-order valence-corrected chi connectivity index (χ0v) is 13.9. The molecule has 1 amide bonds. The predicted molar refractivity (Wildman–Crippen MR) is 88.3 cm³/mol. The molecule has 0 aromatic heterocycles. The molecule has 0 aliphatic rings. The molecule has 0 saturated heterocycles. The fourth-order valence-corrected chi connectivity index (χ4v) is 2.40. The second-order valence-corrected chi connectivity index (χ2v) is 5.70. The molecule has 0 saturated carbocycles. The normalized spacial score (nSPS) is 10.1. The van der Waals surface area contributed by atoms with Gasteiger partial charge in [0.2, 0.25) is 0 Å². The highest BCUT2D eigenvalue weighted by Gasteiger charge is 2.12. The summed E-state index contributed by atoms with van der Waals surface area (Å²) in [6, 6.07) is 12.5. The van der Waals surface area contributed by atoms with Gasteiger partial charge in [0, 0.05) is 16.6 Å². The minimum absolute atomic E-state index is 0.00170. The summed E-state index contributed by atoms with van der Waals surface area (Å²) < 4.78 is 6.00. The van der Waals surface area contributed by atoms with Crippen molar-refractivity contribution >= 4 is 27.6 Å². The van der Waals surface area contributed by atoms with Crippen LogP contribution in [0.1, 0.15) is 33.2 Å². The minimum Gasteiger partial charge on any atom is -0.496 e. The van der Waals surface area contributed by atoms with Crippen LogP contribution < -0.4 is 10.1 Å². The number of ketones is 1. The van der Waals surface area contributed by atoms with Crippen molar-refractivity contribution in [3.8, 4) is 5.75 Å². The number of hydrogen-bond acceptors (Lipinski definition) is 3. The summed E-state index contributed by atoms with van der Waals surface area (Å²) in [6.45, 7) is 1.86. The first-order valence-electron chi connectivity index (χ1n) is 6.73. The van der Waals surface area contributed by atoms with E-state index in [9.17, 15) is 9.59 Å². The first kappa shape index (κ1) is 16.2. The van der Waals surface area contributed by atoms with Crippen molar-refractivity contribution in [2.24, 2.45) is 0 Å². The molecule has 0 unspecified atom stereocenters. The lowest BCUT2D eigenvalue weighted by molar-refractivity contribution is 0.0947. The van der Waals surface area contributed by atoms with Gasteiger partial charge in [0.15, 0.2) is 5.78 Å². The number of methoxy groups -OCH3 is 1. The van der Waals surface area contributed by atoms with E-state index in [0.29, 0.717) is 23.4 Å². The quantitative estimate of drug-likeness (QED) is 0.827. The third-order valence-corrected chi connectivity index (χ3v) is 3.69. The van der Waals surface area contributed by atoms with Gasteiger partial charge in [0.1, 0.15) is 5.75 Å². The van der Waals surface area contributed by atoms with Crippen molar-refractivity contribution < 1.29 is 14.3 Å². The standard InChI is InChI=1S/C17H16BrNO3/c1-11(20)13-5-3-4-12(8-13)10-19-17(21)15-9-14(18)6-7-16(15)22-2/h3-9H,10H2,1-2H3,(H,19,21). The number of Topliss-reactive ketones (excluding diaryl/α,β-unsaturated/α-hetero) is 1. The van der Waals surface area contributed by atoms with Crippen LogP contribution in [0.2, 0.25) is 0 Å². The number of carbonyl (C=O) groups is 2. The van der Waals surface area contributed by atoms with E-state index in [0.717, 1.165) is 10.0 Å². The number of halogens is 1. The molecule has 2 rings (SSSR count). The van der Waals surface area contributed by atoms with E-state index >= 15 is 0 Å². The van der Waals surface area contributed by atoms with Gasteiger partial charge in [0.25, 0.3) is 5.91 Å². The maximum absolute atomic E-state index is 12.3. The lowest BCUT2D eigenvalue weighted by Gasteiger charge is -2.10. The lowest BCUT2D eigenvalue weighted by Crippen LogP contribution is -2.23. The van der Waals surface area contributed by atoms with Gasteiger partial charge in [-0.1, -0.05) is 34.1 Å². The van der Waals surface area contributed by atoms with E-state index in [4.69, 9.17) is 4.74 Å². The number of carbonyl (C=O) groups excluding carboxylic acids is 2. The summed E-state index contributed by atoms with van der Waals surface area (Å²) in [5.41, 5.74) is 1.96. The van der Waals surface area contributed by atoms with Gasteiger partial charge in [-0.05, 0) is 36.8 Å². The van der Waals surface area contributed by atoms with Crippen molar-refractivity contribution in [3.63, 3.8) is 0 Å². The van der Waals surface area contributed by atoms with Crippen LogP contribution in [0.15, 0.2) is 46.9 Å². The van der Waals surface area contributed by atoms with Crippen molar-refractivity contribution in [1.29, 1.82) is 0 Å². The maximum Gasteiger partial charge on any atom is 0.255 e. The number of rotatable bonds is 5. The van der Waals surface area contributed by atoms with E-state index in [1.807, 2.05) is 12.1 Å². The molecule has 0 aliphatic heterocycles. The third kappa shape index (κ3) is 3.95. The molecular weight excluding hydrogens is 346 g/mol. The second kappa shape index (κ2) is 7.22. The van der Waals surface area contributed by atoms with Crippen LogP contribution >= 0.6 is 15.9 Å². The average molecular weight is 362 g/mol. The second-order valence-electron chi connectivity index (χ2n) is 4.78. The first-order chi connectivity index (χ1) is 10.5. The van der Waals surface area contributed by atoms with E-state index in [1.165, 1.54) is 14.0 Å². The Balaban J connectivity index is 2.12. The molecule has 0 bridgehead atoms. The fourth-order valence-electron chi connectivity index (χ4n) is 2.04. The molecule has 2 aromatic carbocycles. The van der Waals surface area contributed by atoms with Crippen LogP contribution in [0, 0.1) is 0 Å². The molecule has 0 fully saturated rings. The summed E-state index contributed by atoms with van der Waals surface area (Å²) >= 11 is 3.34. The van der Waals surface area contributed by atoms with Crippen molar-refractivity contribution in [2.75, 3.05) is 7.11 Å². The van der Waals surface area contributed by atoms with Gasteiger partial charge in [-0.2, -0.15) is 0 Å². The molecule has 5 heteroatoms. The van der Waals surface area contributed by atoms with Crippen LogP contribution in [0.4, 0.5) is 0 Å². The fraction of sp³-hybridized carbons (Fsp3) is 0.176. The largest absolute Gasteiger partial charge is 0.496 e. The minimum atomic E-state index is -0.230. The SMILES string of the molecule is COc1ccc(Br)cc1C(=O)NCc1cccc(C(C)=O)c1. The third-order valence-electron chi connectivity index (χ3n) is 3.19. The predicted octanol–water partition coefficient (Wildman–Crippen LogP) is 3.59. The Morgan fingerprint density at radius 1 is 1.18 bits per heavy atom. The van der Waals surface area contributed by atoms with Crippen LogP contribution in [-0.4, -0.2) is 18.8 Å². The zero-order chi connectivity index (χ0) is 16.1. The highest BCUT2D eigenvalue weighted by Crippen LogP contribution is 2.22. The molecule has 0 heterocycles. The van der Waals surface area contributed by atoms with E-state index in [-0.39, 0.29) is 11.7 Å². The van der Waals surface area contributed by atoms with Crippen molar-refractivity contribution in [1.82, 2.24) is 5.32 Å². The Kier molecular flexibility index (Phi) is 5.33. The van der Waals surface area contributed by atoms with Crippen LogP contribution in [0.25, 0.3) is 0 Å². The Morgan fingerprint density at radius 3 is 2.64 bits per heavy atom. The number of hydrogen-bond donors (Lipinski definition) is 1. The van der Waals surface area contributed by atoms with Crippen molar-refractivity contribution in [3.05, 3.63) is 63.6 Å². The molecule has 0 atom stereocenters. The van der Waals surface area contributed by atoms with Gasteiger partial charge in [0.05, 0.1) is 12.7 Å². The number of amides is 1. The summed E-state index contributed by atoms with van der Waals surface area (Å²) in [6.07, 6.45) is 0. The lowest BCUT2D eigenvalue weighted by atomic mass is 10.1. The molecule has 0 radical (unpaired) electrons. The summed E-state index contributed by atoms with van der Waals surface area (Å²) in [5, 5.41) is 2.83. The topological polar surface area (TPSA) is 55.4 Å². The van der Waals surface area contributed by atoms with Gasteiger partial charge < -0.3 is 10.1 Å². The molecule has 0 aliphatic carbocycles. The number of benzene rings is 2. The highest BCUT2D eigenvalue weighted by molar-refractivity contribution is 9.10. The Labute approximate surface area is 137 Å². The van der Waals surface area contributed by atoms with Gasteiger partial charge in [-0.3, -0.25) is 9.59 Å². The smallest absolute Gasteiger partial charge is 0.255 e. The Bertz CT molecular complexity index is 713. The molecule has 22 heavy (non-hydrogen) atoms. The maximum atomic E-state index is 12.3. The molecular formula is C17H16BrNO3. The Hall–Kier alpha value is -2.14. The van der Waals surface area contributed by atoms with E-state index in [1.54, 1.807) is 30.3 Å². The Morgan fingerprint density at radius 2 is 1.95 bits per heavy atom. The molecule has 2 aromatic rings. The van der Waals surface area contributed by atoms with Gasteiger partial charge in [-0.15, -0.1) is 0 Å². The first-order valence-corrected chi connectivity index (χ1v) is 7.52.